The van der Waals surface area contributed by atoms with E-state index in [1.807, 2.05) is 6.20 Å². The average molecular weight is 325 g/mol. The predicted molar refractivity (Wildman–Crippen MR) is 86.7 cm³/mol. The fourth-order valence-corrected chi connectivity index (χ4v) is 3.92. The molecule has 1 aliphatic rings. The zero-order valence-electron chi connectivity index (χ0n) is 12.3. The highest BCUT2D eigenvalue weighted by Crippen LogP contribution is 2.34. The second-order valence-corrected chi connectivity index (χ2v) is 6.84. The largest absolute Gasteiger partial charge is 0.344 e. The van der Waals surface area contributed by atoms with Crippen LogP contribution < -0.4 is 0 Å². The molecule has 1 aliphatic heterocycles. The van der Waals surface area contributed by atoms with Gasteiger partial charge in [0, 0.05) is 24.5 Å². The van der Waals surface area contributed by atoms with E-state index >= 15 is 0 Å². The highest BCUT2D eigenvalue weighted by atomic mass is 35.5. The Morgan fingerprint density at radius 3 is 3.19 bits per heavy atom. The summed E-state index contributed by atoms with van der Waals surface area (Å²) in [4.78, 5) is 14.8. The van der Waals surface area contributed by atoms with Crippen LogP contribution in [-0.4, -0.2) is 26.4 Å². The molecule has 1 atom stereocenters. The minimum atomic E-state index is 0.434. The molecular formula is C15H21ClN4S. The van der Waals surface area contributed by atoms with Crippen molar-refractivity contribution >= 4 is 22.9 Å². The van der Waals surface area contributed by atoms with Crippen molar-refractivity contribution in [2.24, 2.45) is 0 Å². The molecule has 0 spiro atoms. The molecule has 0 radical (unpaired) electrons. The van der Waals surface area contributed by atoms with Crippen molar-refractivity contribution in [3.05, 3.63) is 33.3 Å². The van der Waals surface area contributed by atoms with Gasteiger partial charge in [-0.25, -0.2) is 9.97 Å². The van der Waals surface area contributed by atoms with E-state index in [1.165, 1.54) is 24.3 Å². The monoisotopic (exact) mass is 324 g/mol. The first-order valence-electron chi connectivity index (χ1n) is 7.64. The SMILES string of the molecule is CCCCc1nc(Cl)c(CN2CCCC2c2nccs2)[nH]1. The summed E-state index contributed by atoms with van der Waals surface area (Å²) in [6.07, 6.45) is 7.59. The molecule has 1 saturated heterocycles. The highest BCUT2D eigenvalue weighted by Gasteiger charge is 2.28. The topological polar surface area (TPSA) is 44.8 Å². The molecule has 2 aromatic heterocycles. The fourth-order valence-electron chi connectivity index (χ4n) is 2.90. The lowest BCUT2D eigenvalue weighted by molar-refractivity contribution is 0.245. The van der Waals surface area contributed by atoms with Crippen molar-refractivity contribution in [1.29, 1.82) is 0 Å². The minimum absolute atomic E-state index is 0.434. The Kier molecular flexibility index (Phi) is 4.93. The van der Waals surface area contributed by atoms with Crippen molar-refractivity contribution in [2.75, 3.05) is 6.54 Å². The van der Waals surface area contributed by atoms with E-state index < -0.39 is 0 Å². The molecule has 0 bridgehead atoms. The van der Waals surface area contributed by atoms with Crippen molar-refractivity contribution in [1.82, 2.24) is 19.9 Å². The lowest BCUT2D eigenvalue weighted by Gasteiger charge is -2.22. The maximum atomic E-state index is 6.29. The van der Waals surface area contributed by atoms with E-state index in [4.69, 9.17) is 11.6 Å². The van der Waals surface area contributed by atoms with Gasteiger partial charge in [-0.2, -0.15) is 0 Å². The number of likely N-dealkylation sites (tertiary alicyclic amines) is 1. The van der Waals surface area contributed by atoms with Gasteiger partial charge in [0.25, 0.3) is 0 Å². The van der Waals surface area contributed by atoms with Crippen LogP contribution in [0.25, 0.3) is 0 Å². The van der Waals surface area contributed by atoms with Gasteiger partial charge in [-0.1, -0.05) is 24.9 Å². The maximum Gasteiger partial charge on any atom is 0.151 e. The molecular weight excluding hydrogens is 304 g/mol. The molecule has 0 amide bonds. The number of aromatic amines is 1. The van der Waals surface area contributed by atoms with Crippen LogP contribution in [0.4, 0.5) is 0 Å². The lowest BCUT2D eigenvalue weighted by Crippen LogP contribution is -2.23. The van der Waals surface area contributed by atoms with Gasteiger partial charge in [0.1, 0.15) is 10.8 Å². The molecule has 3 heterocycles. The summed E-state index contributed by atoms with van der Waals surface area (Å²) in [6, 6.07) is 0.434. The Balaban J connectivity index is 1.69. The highest BCUT2D eigenvalue weighted by molar-refractivity contribution is 7.09. The standard InChI is InChI=1S/C15H21ClN4S/c1-2-3-6-13-18-11(14(16)19-13)10-20-8-4-5-12(20)15-17-7-9-21-15/h7,9,12H,2-6,8,10H2,1H3,(H,18,19). The Morgan fingerprint density at radius 1 is 1.52 bits per heavy atom. The Bertz CT molecular complexity index is 566. The molecule has 6 heteroatoms. The van der Waals surface area contributed by atoms with Crippen molar-refractivity contribution in [2.45, 2.75) is 51.6 Å². The average Bonchev–Trinajstić information content (AvgIpc) is 3.18. The summed E-state index contributed by atoms with van der Waals surface area (Å²) in [5.74, 6) is 1.02. The fraction of sp³-hybridized carbons (Fsp3) is 0.600. The van der Waals surface area contributed by atoms with Crippen molar-refractivity contribution in [3.63, 3.8) is 0 Å². The smallest absolute Gasteiger partial charge is 0.151 e. The molecule has 1 N–H and O–H groups in total. The van der Waals surface area contributed by atoms with E-state index in [-0.39, 0.29) is 0 Å². The third kappa shape index (κ3) is 3.47. The van der Waals surface area contributed by atoms with Crippen LogP contribution in [0.15, 0.2) is 11.6 Å². The molecule has 1 fully saturated rings. The lowest BCUT2D eigenvalue weighted by atomic mass is 10.2. The molecule has 0 aliphatic carbocycles. The summed E-state index contributed by atoms with van der Waals surface area (Å²) >= 11 is 8.04. The Morgan fingerprint density at radius 2 is 2.43 bits per heavy atom. The van der Waals surface area contributed by atoms with Gasteiger partial charge in [0.05, 0.1) is 11.7 Å². The first-order valence-corrected chi connectivity index (χ1v) is 8.90. The number of imidazole rings is 1. The number of nitrogens with one attached hydrogen (secondary N) is 1. The number of thiazole rings is 1. The summed E-state index contributed by atoms with van der Waals surface area (Å²) in [5.41, 5.74) is 1.05. The number of unbranched alkanes of at least 4 members (excludes halogenated alkanes) is 1. The molecule has 0 saturated carbocycles. The van der Waals surface area contributed by atoms with Crippen LogP contribution in [0.3, 0.4) is 0 Å². The zero-order chi connectivity index (χ0) is 14.7. The van der Waals surface area contributed by atoms with E-state index in [1.54, 1.807) is 11.3 Å². The van der Waals surface area contributed by atoms with Gasteiger partial charge < -0.3 is 4.98 Å². The number of aromatic nitrogens is 3. The van der Waals surface area contributed by atoms with Crippen LogP contribution in [0, 0.1) is 0 Å². The molecule has 21 heavy (non-hydrogen) atoms. The molecule has 3 rings (SSSR count). The van der Waals surface area contributed by atoms with E-state index in [2.05, 4.69) is 32.2 Å². The quantitative estimate of drug-likeness (QED) is 0.866. The normalized spacial score (nSPS) is 19.4. The predicted octanol–water partition coefficient (Wildman–Crippen LogP) is 4.20. The van der Waals surface area contributed by atoms with Crippen LogP contribution in [0.2, 0.25) is 5.15 Å². The van der Waals surface area contributed by atoms with Gasteiger partial charge in [-0.3, -0.25) is 4.90 Å². The molecule has 4 nitrogen and oxygen atoms in total. The van der Waals surface area contributed by atoms with E-state index in [9.17, 15) is 0 Å². The maximum absolute atomic E-state index is 6.29. The van der Waals surface area contributed by atoms with Crippen LogP contribution >= 0.6 is 22.9 Å². The second kappa shape index (κ2) is 6.90. The number of nitrogens with zero attached hydrogens (tertiary/aromatic N) is 3. The molecule has 0 aromatic carbocycles. The number of aryl methyl sites for hydroxylation is 1. The summed E-state index contributed by atoms with van der Waals surface area (Å²) in [5, 5.41) is 3.90. The van der Waals surface area contributed by atoms with Gasteiger partial charge in [-0.15, -0.1) is 11.3 Å². The van der Waals surface area contributed by atoms with Crippen molar-refractivity contribution < 1.29 is 0 Å². The Hall–Kier alpha value is -0.910. The number of H-pyrrole nitrogens is 1. The third-order valence-corrected chi connectivity index (χ3v) is 5.20. The number of hydrogen-bond acceptors (Lipinski definition) is 4. The first kappa shape index (κ1) is 15.0. The third-order valence-electron chi connectivity index (χ3n) is 4.01. The Labute approximate surface area is 134 Å². The zero-order valence-corrected chi connectivity index (χ0v) is 13.9. The van der Waals surface area contributed by atoms with Crippen LogP contribution in [0.1, 0.15) is 55.2 Å². The summed E-state index contributed by atoms with van der Waals surface area (Å²) in [6.45, 7) is 4.13. The molecule has 2 aromatic rings. The van der Waals surface area contributed by atoms with Gasteiger partial charge >= 0.3 is 0 Å². The van der Waals surface area contributed by atoms with Crippen LogP contribution in [0.5, 0.6) is 0 Å². The first-order chi connectivity index (χ1) is 10.3. The van der Waals surface area contributed by atoms with E-state index in [0.717, 1.165) is 37.4 Å². The summed E-state index contributed by atoms with van der Waals surface area (Å²) < 4.78 is 0. The van der Waals surface area contributed by atoms with Gasteiger partial charge in [-0.05, 0) is 25.8 Å². The minimum Gasteiger partial charge on any atom is -0.344 e. The van der Waals surface area contributed by atoms with Gasteiger partial charge in [0.2, 0.25) is 0 Å². The second-order valence-electron chi connectivity index (χ2n) is 5.56. The molecule has 114 valence electrons. The molecule has 1 unspecified atom stereocenters. The van der Waals surface area contributed by atoms with E-state index in [0.29, 0.717) is 11.2 Å². The number of rotatable bonds is 6. The number of hydrogen-bond donors (Lipinski definition) is 1. The summed E-state index contributed by atoms with van der Waals surface area (Å²) in [7, 11) is 0. The number of halogens is 1. The van der Waals surface area contributed by atoms with Crippen LogP contribution in [-0.2, 0) is 13.0 Å². The van der Waals surface area contributed by atoms with Gasteiger partial charge in [0.15, 0.2) is 5.15 Å². The van der Waals surface area contributed by atoms with Crippen molar-refractivity contribution in [3.8, 4) is 0 Å².